The summed E-state index contributed by atoms with van der Waals surface area (Å²) < 4.78 is 13.6. The number of nitrogens with zero attached hydrogens (tertiary/aromatic N) is 1. The highest BCUT2D eigenvalue weighted by atomic mass is 32.1. The Kier molecular flexibility index (Phi) is 3.49. The van der Waals surface area contributed by atoms with Crippen molar-refractivity contribution < 1.29 is 9.18 Å². The van der Waals surface area contributed by atoms with Crippen LogP contribution >= 0.6 is 11.3 Å². The van der Waals surface area contributed by atoms with Gasteiger partial charge in [0, 0.05) is 5.38 Å². The van der Waals surface area contributed by atoms with Crippen molar-refractivity contribution in [3.8, 4) is 0 Å². The van der Waals surface area contributed by atoms with Crippen LogP contribution in [0.3, 0.4) is 0 Å². The molecule has 0 aliphatic rings. The van der Waals surface area contributed by atoms with E-state index in [1.165, 1.54) is 17.4 Å². The van der Waals surface area contributed by atoms with Crippen LogP contribution < -0.4 is 5.32 Å². The lowest BCUT2D eigenvalue weighted by Gasteiger charge is -2.06. The maximum absolute atomic E-state index is 13.6. The minimum Gasteiger partial charge on any atom is -0.346 e. The fourth-order valence-electron chi connectivity index (χ4n) is 1.41. The number of rotatable bonds is 3. The lowest BCUT2D eigenvalue weighted by molar-refractivity contribution is 0.0946. The van der Waals surface area contributed by atoms with Crippen LogP contribution in [0.1, 0.15) is 21.6 Å². The van der Waals surface area contributed by atoms with Gasteiger partial charge in [0.15, 0.2) is 0 Å². The summed E-state index contributed by atoms with van der Waals surface area (Å²) in [6.07, 6.45) is 0. The molecule has 1 aromatic carbocycles. The van der Waals surface area contributed by atoms with E-state index in [9.17, 15) is 9.18 Å². The number of hydrogen-bond donors (Lipinski definition) is 1. The molecular weight excluding hydrogens is 239 g/mol. The van der Waals surface area contributed by atoms with Gasteiger partial charge >= 0.3 is 0 Å². The predicted octanol–water partition coefficient (Wildman–Crippen LogP) is 2.52. The summed E-state index contributed by atoms with van der Waals surface area (Å²) in [5.41, 5.74) is 3.00. The van der Waals surface area contributed by atoms with Gasteiger partial charge in [-0.1, -0.05) is 12.1 Å². The van der Waals surface area contributed by atoms with Crippen LogP contribution in [-0.4, -0.2) is 10.9 Å². The topological polar surface area (TPSA) is 42.0 Å². The first-order valence-electron chi connectivity index (χ1n) is 5.09. The molecule has 5 heteroatoms. The zero-order chi connectivity index (χ0) is 12.3. The molecule has 3 nitrogen and oxygen atoms in total. The minimum absolute atomic E-state index is 0.0697. The number of hydrogen-bond acceptors (Lipinski definition) is 3. The Morgan fingerprint density at radius 3 is 3.06 bits per heavy atom. The van der Waals surface area contributed by atoms with Gasteiger partial charge in [0.05, 0.1) is 23.3 Å². The number of amides is 1. The third-order valence-corrected chi connectivity index (χ3v) is 2.99. The first kappa shape index (κ1) is 11.7. The number of carbonyl (C=O) groups is 1. The molecular formula is C12H11FN2OS. The molecule has 0 saturated heterocycles. The first-order valence-corrected chi connectivity index (χ1v) is 6.03. The first-order chi connectivity index (χ1) is 8.18. The van der Waals surface area contributed by atoms with Crippen LogP contribution in [0.15, 0.2) is 29.1 Å². The zero-order valence-corrected chi connectivity index (χ0v) is 10.1. The van der Waals surface area contributed by atoms with E-state index in [4.69, 9.17) is 0 Å². The second-order valence-electron chi connectivity index (χ2n) is 3.60. The lowest BCUT2D eigenvalue weighted by atomic mass is 10.1. The predicted molar refractivity (Wildman–Crippen MR) is 64.4 cm³/mol. The van der Waals surface area contributed by atoms with Crippen molar-refractivity contribution >= 4 is 17.2 Å². The number of carbonyl (C=O) groups excluding carboxylic acids is 1. The van der Waals surface area contributed by atoms with Crippen LogP contribution in [0, 0.1) is 12.7 Å². The molecule has 1 N–H and O–H groups in total. The summed E-state index contributed by atoms with van der Waals surface area (Å²) in [7, 11) is 0. The molecule has 0 atom stereocenters. The highest BCUT2D eigenvalue weighted by molar-refractivity contribution is 7.07. The van der Waals surface area contributed by atoms with Crippen molar-refractivity contribution in [1.82, 2.24) is 10.3 Å². The number of aryl methyl sites for hydroxylation is 1. The molecule has 0 saturated carbocycles. The van der Waals surface area contributed by atoms with Gasteiger partial charge in [-0.15, -0.1) is 11.3 Å². The third kappa shape index (κ3) is 2.68. The van der Waals surface area contributed by atoms with E-state index >= 15 is 0 Å². The van der Waals surface area contributed by atoms with Crippen molar-refractivity contribution in [3.63, 3.8) is 0 Å². The van der Waals surface area contributed by atoms with Crippen LogP contribution in [-0.2, 0) is 6.54 Å². The second kappa shape index (κ2) is 5.05. The average molecular weight is 250 g/mol. The Morgan fingerprint density at radius 2 is 2.35 bits per heavy atom. The van der Waals surface area contributed by atoms with Crippen molar-refractivity contribution in [2.24, 2.45) is 0 Å². The van der Waals surface area contributed by atoms with Gasteiger partial charge in [0.1, 0.15) is 5.82 Å². The summed E-state index contributed by atoms with van der Waals surface area (Å²) in [5, 5.41) is 4.47. The fraction of sp³-hybridized carbons (Fsp3) is 0.167. The van der Waals surface area contributed by atoms with E-state index in [0.717, 1.165) is 5.69 Å². The van der Waals surface area contributed by atoms with Gasteiger partial charge in [0.2, 0.25) is 0 Å². The number of benzene rings is 1. The molecule has 0 aliphatic carbocycles. The van der Waals surface area contributed by atoms with Crippen molar-refractivity contribution in [2.75, 3.05) is 0 Å². The third-order valence-electron chi connectivity index (χ3n) is 2.35. The molecule has 1 amide bonds. The quantitative estimate of drug-likeness (QED) is 0.909. The molecule has 0 unspecified atom stereocenters. The lowest BCUT2D eigenvalue weighted by Crippen LogP contribution is -2.24. The fourth-order valence-corrected chi connectivity index (χ4v) is 1.97. The Balaban J connectivity index is 2.07. The van der Waals surface area contributed by atoms with Crippen LogP contribution in [0.25, 0.3) is 0 Å². The monoisotopic (exact) mass is 250 g/mol. The van der Waals surface area contributed by atoms with Gasteiger partial charge in [-0.05, 0) is 18.6 Å². The van der Waals surface area contributed by atoms with Crippen molar-refractivity contribution in [3.05, 3.63) is 51.7 Å². The smallest absolute Gasteiger partial charge is 0.254 e. The number of thiazole rings is 1. The molecule has 0 spiro atoms. The van der Waals surface area contributed by atoms with E-state index in [0.29, 0.717) is 12.1 Å². The molecule has 0 fully saturated rings. The Labute approximate surface area is 102 Å². The molecule has 0 radical (unpaired) electrons. The molecule has 0 aliphatic heterocycles. The average Bonchev–Trinajstić information content (AvgIpc) is 2.82. The van der Waals surface area contributed by atoms with Gasteiger partial charge < -0.3 is 5.32 Å². The molecule has 2 aromatic rings. The van der Waals surface area contributed by atoms with Gasteiger partial charge in [-0.3, -0.25) is 4.79 Å². The van der Waals surface area contributed by atoms with E-state index in [-0.39, 0.29) is 5.56 Å². The Hall–Kier alpha value is -1.75. The maximum atomic E-state index is 13.6. The summed E-state index contributed by atoms with van der Waals surface area (Å²) in [6, 6.07) is 4.77. The number of halogens is 1. The summed E-state index contributed by atoms with van der Waals surface area (Å²) >= 11 is 1.46. The Morgan fingerprint density at radius 1 is 1.53 bits per heavy atom. The normalized spacial score (nSPS) is 10.2. The molecule has 1 heterocycles. The van der Waals surface area contributed by atoms with Crippen molar-refractivity contribution in [2.45, 2.75) is 13.5 Å². The largest absolute Gasteiger partial charge is 0.346 e. The standard InChI is InChI=1S/C12H11FN2OS/c1-8-3-2-4-10(11(8)13)12(16)14-5-9-6-17-7-15-9/h2-4,6-7H,5H2,1H3,(H,14,16). The van der Waals surface area contributed by atoms with Crippen LogP contribution in [0.2, 0.25) is 0 Å². The van der Waals surface area contributed by atoms with Crippen LogP contribution in [0.4, 0.5) is 4.39 Å². The maximum Gasteiger partial charge on any atom is 0.254 e. The van der Waals surface area contributed by atoms with Gasteiger partial charge in [0.25, 0.3) is 5.91 Å². The molecule has 1 aromatic heterocycles. The molecule has 0 bridgehead atoms. The number of nitrogens with one attached hydrogen (secondary N) is 1. The highest BCUT2D eigenvalue weighted by Gasteiger charge is 2.12. The van der Waals surface area contributed by atoms with Crippen molar-refractivity contribution in [1.29, 1.82) is 0 Å². The van der Waals surface area contributed by atoms with E-state index < -0.39 is 11.7 Å². The molecule has 2 rings (SSSR count). The highest BCUT2D eigenvalue weighted by Crippen LogP contribution is 2.11. The number of aromatic nitrogens is 1. The minimum atomic E-state index is -0.469. The van der Waals surface area contributed by atoms with E-state index in [1.54, 1.807) is 24.6 Å². The summed E-state index contributed by atoms with van der Waals surface area (Å²) in [6.45, 7) is 1.95. The van der Waals surface area contributed by atoms with Gasteiger partial charge in [-0.2, -0.15) is 0 Å². The van der Waals surface area contributed by atoms with E-state index in [1.807, 2.05) is 5.38 Å². The zero-order valence-electron chi connectivity index (χ0n) is 9.24. The SMILES string of the molecule is Cc1cccc(C(=O)NCc2cscn2)c1F. The summed E-state index contributed by atoms with van der Waals surface area (Å²) in [4.78, 5) is 15.8. The second-order valence-corrected chi connectivity index (χ2v) is 4.32. The van der Waals surface area contributed by atoms with E-state index in [2.05, 4.69) is 10.3 Å². The molecule has 88 valence electrons. The Bertz CT molecular complexity index is 525. The molecule has 17 heavy (non-hydrogen) atoms. The van der Waals surface area contributed by atoms with Gasteiger partial charge in [-0.25, -0.2) is 9.37 Å². The summed E-state index contributed by atoms with van der Waals surface area (Å²) in [5.74, 6) is -0.887. The van der Waals surface area contributed by atoms with Crippen LogP contribution in [0.5, 0.6) is 0 Å².